The molecule has 0 spiro atoms. The number of benzene rings is 1. The van der Waals surface area contributed by atoms with Gasteiger partial charge in [-0.2, -0.15) is 0 Å². The number of nitrogens with zero attached hydrogens (tertiary/aromatic N) is 1. The first-order valence-corrected chi connectivity index (χ1v) is 9.67. The Morgan fingerprint density at radius 3 is 2.48 bits per heavy atom. The third kappa shape index (κ3) is 5.48. The lowest BCUT2D eigenvalue weighted by Gasteiger charge is -2.18. The molecule has 2 amide bonds. The second-order valence-electron chi connectivity index (χ2n) is 6.12. The summed E-state index contributed by atoms with van der Waals surface area (Å²) in [5.41, 5.74) is -0.162. The van der Waals surface area contributed by atoms with Gasteiger partial charge in [0.1, 0.15) is 11.6 Å². The van der Waals surface area contributed by atoms with E-state index in [1.807, 2.05) is 0 Å². The number of nitrogens with one attached hydrogen (secondary N) is 1. The molecule has 6 nitrogen and oxygen atoms in total. The van der Waals surface area contributed by atoms with Crippen LogP contribution in [0.5, 0.6) is 0 Å². The van der Waals surface area contributed by atoms with Gasteiger partial charge in [0, 0.05) is 25.1 Å². The summed E-state index contributed by atoms with van der Waals surface area (Å²) in [5.74, 6) is -2.37. The highest BCUT2D eigenvalue weighted by molar-refractivity contribution is 7.91. The molecule has 2 rings (SSSR count). The average Bonchev–Trinajstić information content (AvgIpc) is 2.85. The van der Waals surface area contributed by atoms with E-state index in [-0.39, 0.29) is 36.5 Å². The quantitative estimate of drug-likeness (QED) is 0.793. The molecule has 138 valence electrons. The van der Waals surface area contributed by atoms with Crippen molar-refractivity contribution in [3.8, 4) is 0 Å². The predicted octanol–water partition coefficient (Wildman–Crippen LogP) is 0.659. The molecule has 1 aromatic rings. The molecule has 0 saturated carbocycles. The van der Waals surface area contributed by atoms with E-state index in [0.29, 0.717) is 6.42 Å². The van der Waals surface area contributed by atoms with Gasteiger partial charge < -0.3 is 10.2 Å². The number of rotatable bonds is 6. The minimum atomic E-state index is -3.10. The first-order valence-electron chi connectivity index (χ1n) is 7.84. The third-order valence-electron chi connectivity index (χ3n) is 4.05. The molecule has 1 heterocycles. The zero-order valence-corrected chi connectivity index (χ0v) is 14.6. The molecule has 1 N–H and O–H groups in total. The lowest BCUT2D eigenvalue weighted by molar-refractivity contribution is -0.134. The van der Waals surface area contributed by atoms with Crippen molar-refractivity contribution < 1.29 is 26.8 Å². The van der Waals surface area contributed by atoms with Gasteiger partial charge >= 0.3 is 0 Å². The minimum Gasteiger partial charge on any atom is -0.351 e. The Balaban J connectivity index is 1.81. The third-order valence-corrected chi connectivity index (χ3v) is 5.82. The van der Waals surface area contributed by atoms with Crippen LogP contribution in [0.15, 0.2) is 18.2 Å². The normalized spacial score (nSPS) is 18.8. The molecule has 9 heteroatoms. The first-order chi connectivity index (χ1) is 11.7. The molecule has 1 atom stereocenters. The fraction of sp³-hybridized carbons (Fsp3) is 0.500. The number of hydrogen-bond donors (Lipinski definition) is 1. The lowest BCUT2D eigenvalue weighted by atomic mass is 10.1. The van der Waals surface area contributed by atoms with E-state index in [2.05, 4.69) is 5.32 Å². The van der Waals surface area contributed by atoms with Crippen LogP contribution in [-0.4, -0.2) is 56.3 Å². The van der Waals surface area contributed by atoms with Gasteiger partial charge in [-0.15, -0.1) is 0 Å². The Morgan fingerprint density at radius 2 is 1.92 bits per heavy atom. The highest BCUT2D eigenvalue weighted by Crippen LogP contribution is 2.14. The number of carbonyl (C=O) groups excluding carboxylic acids is 2. The van der Waals surface area contributed by atoms with Crippen LogP contribution in [0, 0.1) is 11.6 Å². The molecule has 1 aliphatic rings. The number of hydrogen-bond acceptors (Lipinski definition) is 4. The number of carbonyl (C=O) groups is 2. The van der Waals surface area contributed by atoms with Crippen LogP contribution in [0.25, 0.3) is 0 Å². The topological polar surface area (TPSA) is 83.6 Å². The zero-order chi connectivity index (χ0) is 18.6. The van der Waals surface area contributed by atoms with Crippen molar-refractivity contribution in [1.82, 2.24) is 10.2 Å². The van der Waals surface area contributed by atoms with Gasteiger partial charge in [-0.25, -0.2) is 17.2 Å². The Kier molecular flexibility index (Phi) is 6.10. The summed E-state index contributed by atoms with van der Waals surface area (Å²) in [7, 11) is -1.69. The van der Waals surface area contributed by atoms with Crippen molar-refractivity contribution in [1.29, 1.82) is 0 Å². The average molecular weight is 374 g/mol. The monoisotopic (exact) mass is 374 g/mol. The van der Waals surface area contributed by atoms with Gasteiger partial charge in [0.25, 0.3) is 0 Å². The van der Waals surface area contributed by atoms with E-state index in [1.54, 1.807) is 0 Å². The van der Waals surface area contributed by atoms with Crippen LogP contribution in [0.3, 0.4) is 0 Å². The maximum absolute atomic E-state index is 13.5. The molecule has 1 unspecified atom stereocenters. The zero-order valence-electron chi connectivity index (χ0n) is 13.8. The molecule has 1 saturated heterocycles. The van der Waals surface area contributed by atoms with Gasteiger partial charge in [0.2, 0.25) is 11.8 Å². The molecule has 25 heavy (non-hydrogen) atoms. The highest BCUT2D eigenvalue weighted by Gasteiger charge is 2.29. The van der Waals surface area contributed by atoms with Crippen LogP contribution < -0.4 is 5.32 Å². The molecule has 0 aliphatic carbocycles. The van der Waals surface area contributed by atoms with E-state index in [4.69, 9.17) is 0 Å². The van der Waals surface area contributed by atoms with E-state index >= 15 is 0 Å². The fourth-order valence-corrected chi connectivity index (χ4v) is 4.35. The van der Waals surface area contributed by atoms with Gasteiger partial charge in [-0.3, -0.25) is 9.59 Å². The summed E-state index contributed by atoms with van der Waals surface area (Å²) in [6, 6.07) is 3.05. The maximum Gasteiger partial charge on any atom is 0.239 e. The van der Waals surface area contributed by atoms with Crippen molar-refractivity contribution in [3.05, 3.63) is 35.4 Å². The van der Waals surface area contributed by atoms with Crippen molar-refractivity contribution in [2.75, 3.05) is 25.1 Å². The minimum absolute atomic E-state index is 0.0426. The van der Waals surface area contributed by atoms with Crippen LogP contribution in [0.2, 0.25) is 0 Å². The molecular weight excluding hydrogens is 354 g/mol. The van der Waals surface area contributed by atoms with Gasteiger partial charge in [0.15, 0.2) is 9.84 Å². The molecule has 0 bridgehead atoms. The maximum atomic E-state index is 13.5. The largest absolute Gasteiger partial charge is 0.351 e. The van der Waals surface area contributed by atoms with E-state index in [9.17, 15) is 26.8 Å². The highest BCUT2D eigenvalue weighted by atomic mass is 32.2. The Morgan fingerprint density at radius 1 is 1.28 bits per heavy atom. The summed E-state index contributed by atoms with van der Waals surface area (Å²) < 4.78 is 49.7. The van der Waals surface area contributed by atoms with E-state index < -0.39 is 39.3 Å². The van der Waals surface area contributed by atoms with Gasteiger partial charge in [0.05, 0.1) is 18.1 Å². The summed E-state index contributed by atoms with van der Waals surface area (Å²) in [5, 5.41) is 2.58. The van der Waals surface area contributed by atoms with E-state index in [0.717, 1.165) is 17.0 Å². The molecule has 0 aromatic heterocycles. The SMILES string of the molecule is CN(CC(=O)NC1CCS(=O)(=O)C1)C(=O)CCc1c(F)cccc1F. The predicted molar refractivity (Wildman–Crippen MR) is 87.5 cm³/mol. The van der Waals surface area contributed by atoms with Crippen LogP contribution in [0.4, 0.5) is 8.78 Å². The van der Waals surface area contributed by atoms with Gasteiger partial charge in [-0.05, 0) is 25.0 Å². The van der Waals surface area contributed by atoms with Crippen LogP contribution >= 0.6 is 0 Å². The molecule has 1 aromatic carbocycles. The molecular formula is C16H20F2N2O4S. The summed E-state index contributed by atoms with van der Waals surface area (Å²) in [6.07, 6.45) is 0.113. The molecule has 0 radical (unpaired) electrons. The van der Waals surface area contributed by atoms with Crippen molar-refractivity contribution in [2.45, 2.75) is 25.3 Å². The summed E-state index contributed by atoms with van der Waals surface area (Å²) >= 11 is 0. The molecule has 1 fully saturated rings. The lowest BCUT2D eigenvalue weighted by Crippen LogP contribution is -2.43. The Bertz CT molecular complexity index is 747. The van der Waals surface area contributed by atoms with Crippen molar-refractivity contribution >= 4 is 21.7 Å². The van der Waals surface area contributed by atoms with Crippen molar-refractivity contribution in [2.24, 2.45) is 0 Å². The number of halogens is 2. The van der Waals surface area contributed by atoms with E-state index in [1.165, 1.54) is 13.1 Å². The van der Waals surface area contributed by atoms with Crippen molar-refractivity contribution in [3.63, 3.8) is 0 Å². The Labute approximate surface area is 145 Å². The second kappa shape index (κ2) is 7.90. The molecule has 1 aliphatic heterocycles. The fourth-order valence-electron chi connectivity index (χ4n) is 2.68. The summed E-state index contributed by atoms with van der Waals surface area (Å²) in [6.45, 7) is -0.241. The smallest absolute Gasteiger partial charge is 0.239 e. The number of amides is 2. The van der Waals surface area contributed by atoms with Crippen LogP contribution in [-0.2, 0) is 25.8 Å². The second-order valence-corrected chi connectivity index (χ2v) is 8.35. The summed E-state index contributed by atoms with van der Waals surface area (Å²) in [4.78, 5) is 25.1. The number of likely N-dealkylation sites (N-methyl/N-ethyl adjacent to an activating group) is 1. The number of sulfone groups is 1. The Hall–Kier alpha value is -2.03. The first kappa shape index (κ1) is 19.3. The van der Waals surface area contributed by atoms with Gasteiger partial charge in [-0.1, -0.05) is 6.07 Å². The standard InChI is InChI=1S/C16H20F2N2O4S/c1-20(9-15(21)19-11-7-8-25(23,24)10-11)16(22)6-5-12-13(17)3-2-4-14(12)18/h2-4,11H,5-10H2,1H3,(H,19,21). The van der Waals surface area contributed by atoms with Crippen LogP contribution in [0.1, 0.15) is 18.4 Å².